The molecule has 0 fully saturated rings. The Morgan fingerprint density at radius 1 is 1.28 bits per heavy atom. The molecule has 1 aromatic heterocycles. The molecule has 2 nitrogen and oxygen atoms in total. The van der Waals surface area contributed by atoms with Crippen molar-refractivity contribution < 1.29 is 9.53 Å². The van der Waals surface area contributed by atoms with E-state index in [0.717, 1.165) is 5.56 Å². The minimum Gasteiger partial charge on any atom is -0.485 e. The smallest absolute Gasteiger partial charge is 0.210 e. The fourth-order valence-electron chi connectivity index (χ4n) is 1.39. The second-order valence-electron chi connectivity index (χ2n) is 3.73. The molecule has 5 heteroatoms. The first-order valence-corrected chi connectivity index (χ1v) is 6.81. The SMILES string of the molecule is Cc1cc(OCC(=O)c2ccc(Cl)s2)ccc1Cl. The number of hydrogen-bond acceptors (Lipinski definition) is 3. The molecule has 2 rings (SSSR count). The standard InChI is InChI=1S/C13H10Cl2O2S/c1-8-6-9(2-3-10(8)14)17-7-11(16)12-4-5-13(15)18-12/h2-6H,7H2,1H3. The molecule has 0 radical (unpaired) electrons. The van der Waals surface area contributed by atoms with E-state index in [0.29, 0.717) is 20.0 Å². The summed E-state index contributed by atoms with van der Waals surface area (Å²) in [7, 11) is 0. The van der Waals surface area contributed by atoms with Crippen molar-refractivity contribution in [2.75, 3.05) is 6.61 Å². The first-order chi connectivity index (χ1) is 8.56. The number of benzene rings is 1. The van der Waals surface area contributed by atoms with Crippen molar-refractivity contribution in [3.05, 3.63) is 50.1 Å². The number of carbonyl (C=O) groups is 1. The van der Waals surface area contributed by atoms with Gasteiger partial charge in [-0.25, -0.2) is 0 Å². The lowest BCUT2D eigenvalue weighted by Crippen LogP contribution is -2.10. The second kappa shape index (κ2) is 5.74. The van der Waals surface area contributed by atoms with Gasteiger partial charge in [-0.15, -0.1) is 11.3 Å². The van der Waals surface area contributed by atoms with Gasteiger partial charge < -0.3 is 4.74 Å². The molecule has 0 bridgehead atoms. The fourth-order valence-corrected chi connectivity index (χ4v) is 2.48. The number of ketones is 1. The molecule has 0 amide bonds. The first-order valence-electron chi connectivity index (χ1n) is 5.24. The Hall–Kier alpha value is -1.03. The van der Waals surface area contributed by atoms with Crippen molar-refractivity contribution in [2.45, 2.75) is 6.92 Å². The maximum atomic E-state index is 11.8. The lowest BCUT2D eigenvalue weighted by Gasteiger charge is -2.06. The van der Waals surface area contributed by atoms with Crippen LogP contribution in [0, 0.1) is 6.92 Å². The quantitative estimate of drug-likeness (QED) is 0.770. The monoisotopic (exact) mass is 300 g/mol. The lowest BCUT2D eigenvalue weighted by molar-refractivity contribution is 0.0925. The maximum Gasteiger partial charge on any atom is 0.210 e. The molecule has 0 aliphatic rings. The van der Waals surface area contributed by atoms with E-state index in [1.807, 2.05) is 6.92 Å². The molecule has 1 heterocycles. The predicted molar refractivity (Wildman–Crippen MR) is 75.3 cm³/mol. The Morgan fingerprint density at radius 2 is 2.06 bits per heavy atom. The van der Waals surface area contributed by atoms with Gasteiger partial charge >= 0.3 is 0 Å². The Labute approximate surface area is 119 Å². The summed E-state index contributed by atoms with van der Waals surface area (Å²) in [4.78, 5) is 12.4. The summed E-state index contributed by atoms with van der Waals surface area (Å²) in [5.41, 5.74) is 0.917. The molecule has 18 heavy (non-hydrogen) atoms. The number of carbonyl (C=O) groups excluding carboxylic acids is 1. The van der Waals surface area contributed by atoms with Crippen molar-refractivity contribution in [2.24, 2.45) is 0 Å². The van der Waals surface area contributed by atoms with Crippen LogP contribution in [-0.4, -0.2) is 12.4 Å². The molecule has 2 aromatic rings. The van der Waals surface area contributed by atoms with E-state index in [9.17, 15) is 4.79 Å². The van der Waals surface area contributed by atoms with Gasteiger partial charge in [-0.05, 0) is 42.8 Å². The van der Waals surface area contributed by atoms with Gasteiger partial charge in [0, 0.05) is 5.02 Å². The minimum atomic E-state index is -0.0838. The average Bonchev–Trinajstić information content (AvgIpc) is 2.77. The summed E-state index contributed by atoms with van der Waals surface area (Å²) in [5, 5.41) is 0.679. The van der Waals surface area contributed by atoms with Crippen LogP contribution in [0.25, 0.3) is 0 Å². The molecule has 0 atom stereocenters. The maximum absolute atomic E-state index is 11.8. The van der Waals surface area contributed by atoms with Gasteiger partial charge in [0.05, 0.1) is 9.21 Å². The van der Waals surface area contributed by atoms with E-state index in [2.05, 4.69) is 0 Å². The van der Waals surface area contributed by atoms with E-state index >= 15 is 0 Å². The molecule has 0 aliphatic heterocycles. The van der Waals surface area contributed by atoms with Crippen LogP contribution >= 0.6 is 34.5 Å². The van der Waals surface area contributed by atoms with E-state index < -0.39 is 0 Å². The van der Waals surface area contributed by atoms with E-state index in [-0.39, 0.29) is 12.4 Å². The normalized spacial score (nSPS) is 10.4. The van der Waals surface area contributed by atoms with Crippen LogP contribution in [0.1, 0.15) is 15.2 Å². The number of Topliss-reactive ketones (excluding diaryl/α,β-unsaturated/α-hetero) is 1. The topological polar surface area (TPSA) is 26.3 Å². The summed E-state index contributed by atoms with van der Waals surface area (Å²) >= 11 is 12.9. The number of thiophene rings is 1. The largest absolute Gasteiger partial charge is 0.485 e. The third-order valence-corrected chi connectivity index (χ3v) is 4.04. The highest BCUT2D eigenvalue weighted by Gasteiger charge is 2.10. The Kier molecular flexibility index (Phi) is 4.27. The fraction of sp³-hybridized carbons (Fsp3) is 0.154. The van der Waals surface area contributed by atoms with Crippen LogP contribution in [0.15, 0.2) is 30.3 Å². The van der Waals surface area contributed by atoms with Crippen molar-refractivity contribution in [1.29, 1.82) is 0 Å². The van der Waals surface area contributed by atoms with Gasteiger partial charge in [0.25, 0.3) is 0 Å². The number of aryl methyl sites for hydroxylation is 1. The second-order valence-corrected chi connectivity index (χ2v) is 5.85. The summed E-state index contributed by atoms with van der Waals surface area (Å²) in [6.07, 6.45) is 0. The van der Waals surface area contributed by atoms with Gasteiger partial charge in [-0.1, -0.05) is 23.2 Å². The third-order valence-electron chi connectivity index (χ3n) is 2.35. The lowest BCUT2D eigenvalue weighted by atomic mass is 10.2. The zero-order valence-electron chi connectivity index (χ0n) is 9.57. The summed E-state index contributed by atoms with van der Waals surface area (Å²) < 4.78 is 6.02. The zero-order chi connectivity index (χ0) is 13.1. The molecule has 94 valence electrons. The van der Waals surface area contributed by atoms with Crippen LogP contribution < -0.4 is 4.74 Å². The van der Waals surface area contributed by atoms with Gasteiger partial charge in [-0.2, -0.15) is 0 Å². The van der Waals surface area contributed by atoms with Gasteiger partial charge in [-0.3, -0.25) is 4.79 Å². The van der Waals surface area contributed by atoms with Crippen molar-refractivity contribution in [3.8, 4) is 5.75 Å². The van der Waals surface area contributed by atoms with Crippen LogP contribution in [0.4, 0.5) is 0 Å². The Bertz CT molecular complexity index is 578. The Morgan fingerprint density at radius 3 is 2.67 bits per heavy atom. The molecule has 1 aromatic carbocycles. The molecule has 0 unspecified atom stereocenters. The van der Waals surface area contributed by atoms with E-state index in [1.165, 1.54) is 11.3 Å². The molecular weight excluding hydrogens is 291 g/mol. The number of ether oxygens (including phenoxy) is 1. The minimum absolute atomic E-state index is 0.00207. The van der Waals surface area contributed by atoms with Crippen LogP contribution in [0.5, 0.6) is 5.75 Å². The number of halogens is 2. The van der Waals surface area contributed by atoms with E-state index in [4.69, 9.17) is 27.9 Å². The molecule has 0 saturated carbocycles. The zero-order valence-corrected chi connectivity index (χ0v) is 11.9. The van der Waals surface area contributed by atoms with Gasteiger partial charge in [0.2, 0.25) is 5.78 Å². The van der Waals surface area contributed by atoms with Gasteiger partial charge in [0.1, 0.15) is 5.75 Å². The highest BCUT2D eigenvalue weighted by Crippen LogP contribution is 2.23. The Balaban J connectivity index is 1.99. The van der Waals surface area contributed by atoms with Crippen molar-refractivity contribution in [1.82, 2.24) is 0 Å². The highest BCUT2D eigenvalue weighted by atomic mass is 35.5. The third kappa shape index (κ3) is 3.25. The summed E-state index contributed by atoms with van der Waals surface area (Å²) in [6.45, 7) is 1.88. The molecule has 0 saturated heterocycles. The highest BCUT2D eigenvalue weighted by molar-refractivity contribution is 7.18. The van der Waals surface area contributed by atoms with Crippen LogP contribution in [0.3, 0.4) is 0 Å². The van der Waals surface area contributed by atoms with Gasteiger partial charge in [0.15, 0.2) is 6.61 Å². The van der Waals surface area contributed by atoms with E-state index in [1.54, 1.807) is 30.3 Å². The summed E-state index contributed by atoms with van der Waals surface area (Å²) in [5.74, 6) is 0.549. The average molecular weight is 301 g/mol. The number of rotatable bonds is 4. The molecule has 0 aliphatic carbocycles. The molecule has 0 N–H and O–H groups in total. The molecule has 0 spiro atoms. The number of hydrogen-bond donors (Lipinski definition) is 0. The predicted octanol–water partition coefficient (Wildman–Crippen LogP) is 4.63. The molecular formula is C13H10Cl2O2S. The van der Waals surface area contributed by atoms with Crippen LogP contribution in [0.2, 0.25) is 9.36 Å². The first kappa shape index (κ1) is 13.4. The van der Waals surface area contributed by atoms with Crippen molar-refractivity contribution in [3.63, 3.8) is 0 Å². The van der Waals surface area contributed by atoms with Crippen LogP contribution in [-0.2, 0) is 0 Å². The van der Waals surface area contributed by atoms with Crippen molar-refractivity contribution >= 4 is 40.3 Å². The summed E-state index contributed by atoms with van der Waals surface area (Å²) in [6, 6.07) is 8.69.